The normalized spacial score (nSPS) is 9.67. The van der Waals surface area contributed by atoms with Crippen LogP contribution in [0.4, 0.5) is 6.01 Å². The maximum Gasteiger partial charge on any atom is 0.328 e. The number of hydrogen-bond acceptors (Lipinski definition) is 6. The molecule has 0 spiro atoms. The zero-order valence-corrected chi connectivity index (χ0v) is 10.4. The van der Waals surface area contributed by atoms with E-state index in [0.717, 1.165) is 0 Å². The van der Waals surface area contributed by atoms with Crippen molar-refractivity contribution >= 4 is 23.3 Å². The van der Waals surface area contributed by atoms with Crippen molar-refractivity contribution in [2.75, 3.05) is 11.9 Å². The lowest BCUT2D eigenvalue weighted by Crippen LogP contribution is -2.11. The van der Waals surface area contributed by atoms with Gasteiger partial charge >= 0.3 is 6.01 Å². The van der Waals surface area contributed by atoms with Gasteiger partial charge in [0.2, 0.25) is 0 Å². The third-order valence-electron chi connectivity index (χ3n) is 1.94. The molecule has 0 atom stereocenters. The molecule has 6 nitrogen and oxygen atoms in total. The summed E-state index contributed by atoms with van der Waals surface area (Å²) in [7, 11) is 0. The van der Waals surface area contributed by atoms with E-state index in [1.54, 1.807) is 18.4 Å². The highest BCUT2D eigenvalue weighted by molar-refractivity contribution is 7.12. The maximum absolute atomic E-state index is 11.9. The molecule has 2 heterocycles. The van der Waals surface area contributed by atoms with Crippen LogP contribution in [0.15, 0.2) is 16.0 Å². The molecular formula is C11H10N4O2S. The summed E-state index contributed by atoms with van der Waals surface area (Å²) < 4.78 is 4.81. The minimum Gasteiger partial charge on any atom is -0.320 e. The lowest BCUT2D eigenvalue weighted by Gasteiger charge is -1.97. The molecule has 1 amide bonds. The molecule has 7 heteroatoms. The van der Waals surface area contributed by atoms with E-state index < -0.39 is 0 Å². The fraction of sp³-hybridized carbons (Fsp3) is 0.182. The first-order chi connectivity index (χ1) is 8.70. The molecule has 0 aliphatic heterocycles. The van der Waals surface area contributed by atoms with Crippen LogP contribution in [0.3, 0.4) is 0 Å². The van der Waals surface area contributed by atoms with Crippen molar-refractivity contribution in [3.63, 3.8) is 0 Å². The summed E-state index contributed by atoms with van der Waals surface area (Å²) in [4.78, 5) is 16.3. The second-order valence-corrected chi connectivity index (χ2v) is 4.19. The molecule has 3 N–H and O–H groups in total. The van der Waals surface area contributed by atoms with Gasteiger partial charge < -0.3 is 10.3 Å². The van der Waals surface area contributed by atoms with E-state index in [0.29, 0.717) is 16.3 Å². The Morgan fingerprint density at radius 1 is 1.67 bits per heavy atom. The molecular weight excluding hydrogens is 252 g/mol. The predicted octanol–water partition coefficient (Wildman–Crippen LogP) is 1.00. The molecule has 2 aromatic heterocycles. The van der Waals surface area contributed by atoms with Gasteiger partial charge in [-0.2, -0.15) is 4.98 Å². The first kappa shape index (κ1) is 12.3. The van der Waals surface area contributed by atoms with Crippen molar-refractivity contribution < 1.29 is 9.32 Å². The number of nitrogens with two attached hydrogens (primary N) is 1. The van der Waals surface area contributed by atoms with Gasteiger partial charge in [0.1, 0.15) is 4.88 Å². The van der Waals surface area contributed by atoms with Crippen LogP contribution < -0.4 is 11.1 Å². The summed E-state index contributed by atoms with van der Waals surface area (Å²) in [6.07, 6.45) is 0. The minimum absolute atomic E-state index is 0.0728. The number of nitrogens with one attached hydrogen (secondary N) is 1. The number of carbonyl (C=O) groups is 1. The number of amides is 1. The van der Waals surface area contributed by atoms with Crippen molar-refractivity contribution in [3.05, 3.63) is 27.7 Å². The van der Waals surface area contributed by atoms with Crippen molar-refractivity contribution in [3.8, 4) is 11.8 Å². The first-order valence-electron chi connectivity index (χ1n) is 5.09. The van der Waals surface area contributed by atoms with Crippen LogP contribution >= 0.6 is 11.3 Å². The van der Waals surface area contributed by atoms with Crippen LogP contribution in [0.25, 0.3) is 0 Å². The second kappa shape index (κ2) is 5.44. The Hall–Kier alpha value is -2.17. The number of anilines is 1. The van der Waals surface area contributed by atoms with Crippen LogP contribution in [-0.2, 0) is 0 Å². The number of thiophene rings is 1. The number of carbonyl (C=O) groups excluding carboxylic acids is 1. The number of rotatable bonds is 2. The summed E-state index contributed by atoms with van der Waals surface area (Å²) >= 11 is 1.29. The Morgan fingerprint density at radius 3 is 3.17 bits per heavy atom. The largest absolute Gasteiger partial charge is 0.328 e. The van der Waals surface area contributed by atoms with Crippen molar-refractivity contribution in [2.24, 2.45) is 5.73 Å². The number of aromatic nitrogens is 2. The lowest BCUT2D eigenvalue weighted by atomic mass is 10.2. The molecule has 0 saturated heterocycles. The quantitative estimate of drug-likeness (QED) is 0.787. The van der Waals surface area contributed by atoms with Gasteiger partial charge in [0.25, 0.3) is 5.91 Å². The highest BCUT2D eigenvalue weighted by Crippen LogP contribution is 2.17. The van der Waals surface area contributed by atoms with Gasteiger partial charge in [0.05, 0.1) is 6.54 Å². The summed E-state index contributed by atoms with van der Waals surface area (Å²) in [5, 5.41) is 7.88. The second-order valence-electron chi connectivity index (χ2n) is 3.27. The molecule has 0 aliphatic carbocycles. The lowest BCUT2D eigenvalue weighted by molar-refractivity contribution is 0.102. The Bertz CT molecular complexity index is 620. The average molecular weight is 262 g/mol. The van der Waals surface area contributed by atoms with Crippen LogP contribution in [-0.4, -0.2) is 22.6 Å². The number of hydrogen-bond donors (Lipinski definition) is 2. The molecule has 0 radical (unpaired) electrons. The van der Waals surface area contributed by atoms with Gasteiger partial charge in [0, 0.05) is 5.56 Å². The monoisotopic (exact) mass is 262 g/mol. The molecule has 0 aliphatic rings. The van der Waals surface area contributed by atoms with E-state index in [9.17, 15) is 4.79 Å². The van der Waals surface area contributed by atoms with Crippen LogP contribution in [0, 0.1) is 18.8 Å². The van der Waals surface area contributed by atoms with Crippen molar-refractivity contribution in [2.45, 2.75) is 6.92 Å². The molecule has 0 saturated carbocycles. The number of aryl methyl sites for hydroxylation is 1. The molecule has 0 bridgehead atoms. The van der Waals surface area contributed by atoms with Gasteiger partial charge in [-0.3, -0.25) is 10.1 Å². The third kappa shape index (κ3) is 2.74. The molecule has 2 rings (SSSR count). The summed E-state index contributed by atoms with van der Waals surface area (Å²) in [6.45, 7) is 1.92. The van der Waals surface area contributed by atoms with Crippen molar-refractivity contribution in [1.29, 1.82) is 0 Å². The Morgan fingerprint density at radius 2 is 2.50 bits per heavy atom. The Kier molecular flexibility index (Phi) is 3.72. The summed E-state index contributed by atoms with van der Waals surface area (Å²) in [5.74, 6) is 5.67. The summed E-state index contributed by atoms with van der Waals surface area (Å²) in [6, 6.07) is 1.84. The van der Waals surface area contributed by atoms with E-state index in [2.05, 4.69) is 27.3 Å². The minimum atomic E-state index is -0.324. The molecule has 92 valence electrons. The highest BCUT2D eigenvalue weighted by atomic mass is 32.1. The standard InChI is InChI=1S/C11H10N4O2S/c1-7-13-11(17-15-7)14-10(16)9-8(3-2-5-12)4-6-18-9/h4,6H,5,12H2,1H3,(H,13,14,15,16). The Labute approximate surface area is 107 Å². The van der Waals surface area contributed by atoms with Gasteiger partial charge in [-0.25, -0.2) is 0 Å². The van der Waals surface area contributed by atoms with E-state index in [1.165, 1.54) is 11.3 Å². The number of nitrogens with zero attached hydrogens (tertiary/aromatic N) is 2. The van der Waals surface area contributed by atoms with E-state index >= 15 is 0 Å². The zero-order chi connectivity index (χ0) is 13.0. The van der Waals surface area contributed by atoms with Gasteiger partial charge in [-0.1, -0.05) is 17.0 Å². The smallest absolute Gasteiger partial charge is 0.320 e. The molecule has 0 aromatic carbocycles. The SMILES string of the molecule is Cc1noc(NC(=O)c2sccc2C#CCN)n1. The predicted molar refractivity (Wildman–Crippen MR) is 67.2 cm³/mol. The zero-order valence-electron chi connectivity index (χ0n) is 9.56. The third-order valence-corrected chi connectivity index (χ3v) is 2.86. The first-order valence-corrected chi connectivity index (χ1v) is 5.96. The van der Waals surface area contributed by atoms with Crippen molar-refractivity contribution in [1.82, 2.24) is 10.1 Å². The fourth-order valence-corrected chi connectivity index (χ4v) is 1.98. The van der Waals surface area contributed by atoms with E-state index in [-0.39, 0.29) is 18.5 Å². The van der Waals surface area contributed by atoms with Gasteiger partial charge in [-0.15, -0.1) is 11.3 Å². The fourth-order valence-electron chi connectivity index (χ4n) is 1.23. The van der Waals surface area contributed by atoms with Crippen LogP contribution in [0.1, 0.15) is 21.1 Å². The topological polar surface area (TPSA) is 94.0 Å². The molecule has 2 aromatic rings. The van der Waals surface area contributed by atoms with E-state index in [1.807, 2.05) is 0 Å². The average Bonchev–Trinajstić information content (AvgIpc) is 2.95. The van der Waals surface area contributed by atoms with Gasteiger partial charge in [-0.05, 0) is 18.4 Å². The maximum atomic E-state index is 11.9. The van der Waals surface area contributed by atoms with E-state index in [4.69, 9.17) is 10.3 Å². The van der Waals surface area contributed by atoms with Crippen LogP contribution in [0.2, 0.25) is 0 Å². The molecule has 0 unspecified atom stereocenters. The summed E-state index contributed by atoms with van der Waals surface area (Å²) in [5.41, 5.74) is 5.93. The molecule has 0 fully saturated rings. The Balaban J connectivity index is 2.16. The van der Waals surface area contributed by atoms with Crippen LogP contribution in [0.5, 0.6) is 0 Å². The highest BCUT2D eigenvalue weighted by Gasteiger charge is 2.14. The molecule has 18 heavy (non-hydrogen) atoms. The van der Waals surface area contributed by atoms with Gasteiger partial charge in [0.15, 0.2) is 5.82 Å².